The zero-order valence-electron chi connectivity index (χ0n) is 18.5. The summed E-state index contributed by atoms with van der Waals surface area (Å²) in [5, 5.41) is 3.14. The van der Waals surface area contributed by atoms with Gasteiger partial charge in [0.25, 0.3) is 0 Å². The Morgan fingerprint density at radius 2 is 1.84 bits per heavy atom. The number of rotatable bonds is 10. The van der Waals surface area contributed by atoms with Crippen LogP contribution < -0.4 is 14.4 Å². The summed E-state index contributed by atoms with van der Waals surface area (Å²) in [5.41, 5.74) is 0.925. The van der Waals surface area contributed by atoms with Crippen LogP contribution >= 0.6 is 11.6 Å². The summed E-state index contributed by atoms with van der Waals surface area (Å²) < 4.78 is 31.2. The van der Waals surface area contributed by atoms with Crippen LogP contribution in [-0.2, 0) is 26.2 Å². The van der Waals surface area contributed by atoms with E-state index in [0.29, 0.717) is 22.9 Å². The first-order chi connectivity index (χ1) is 15.1. The number of carbonyl (C=O) groups is 2. The van der Waals surface area contributed by atoms with Gasteiger partial charge in [-0.05, 0) is 37.6 Å². The Bertz CT molecular complexity index is 1060. The van der Waals surface area contributed by atoms with E-state index in [4.69, 9.17) is 16.3 Å². The van der Waals surface area contributed by atoms with Crippen molar-refractivity contribution in [1.82, 2.24) is 10.2 Å². The average molecular weight is 482 g/mol. The summed E-state index contributed by atoms with van der Waals surface area (Å²) in [5.74, 6) is -0.440. The predicted octanol–water partition coefficient (Wildman–Crippen LogP) is 2.67. The SMILES string of the molecule is CCNC(=O)[C@@H](C)N(Cc1ccccc1Cl)C(=O)CN(c1cccc(OC)c1)S(C)(=O)=O. The summed E-state index contributed by atoms with van der Waals surface area (Å²) in [7, 11) is -2.34. The highest BCUT2D eigenvalue weighted by atomic mass is 35.5. The molecule has 0 bridgehead atoms. The third-order valence-electron chi connectivity index (χ3n) is 4.84. The molecular formula is C22H28ClN3O5S. The Morgan fingerprint density at radius 1 is 1.16 bits per heavy atom. The smallest absolute Gasteiger partial charge is 0.244 e. The third-order valence-corrected chi connectivity index (χ3v) is 6.35. The molecule has 0 aliphatic heterocycles. The molecule has 2 aromatic carbocycles. The molecule has 0 spiro atoms. The van der Waals surface area contributed by atoms with Gasteiger partial charge < -0.3 is 15.0 Å². The van der Waals surface area contributed by atoms with E-state index >= 15 is 0 Å². The summed E-state index contributed by atoms with van der Waals surface area (Å²) >= 11 is 6.27. The van der Waals surface area contributed by atoms with Crippen molar-refractivity contribution in [3.63, 3.8) is 0 Å². The van der Waals surface area contributed by atoms with Crippen LogP contribution in [-0.4, -0.2) is 57.6 Å². The second kappa shape index (κ2) is 11.2. The van der Waals surface area contributed by atoms with E-state index in [-0.39, 0.29) is 18.1 Å². The van der Waals surface area contributed by atoms with Gasteiger partial charge in [-0.3, -0.25) is 13.9 Å². The number of anilines is 1. The molecule has 2 aromatic rings. The number of ether oxygens (including phenoxy) is 1. The van der Waals surface area contributed by atoms with Gasteiger partial charge in [-0.15, -0.1) is 0 Å². The minimum atomic E-state index is -3.81. The summed E-state index contributed by atoms with van der Waals surface area (Å²) in [6.45, 7) is 3.33. The van der Waals surface area contributed by atoms with Gasteiger partial charge in [-0.1, -0.05) is 35.9 Å². The second-order valence-electron chi connectivity index (χ2n) is 7.15. The molecule has 0 aliphatic carbocycles. The molecule has 0 saturated carbocycles. The van der Waals surface area contributed by atoms with Crippen LogP contribution in [0.1, 0.15) is 19.4 Å². The zero-order valence-corrected chi connectivity index (χ0v) is 20.1. The van der Waals surface area contributed by atoms with Gasteiger partial charge in [-0.2, -0.15) is 0 Å². The fourth-order valence-corrected chi connectivity index (χ4v) is 4.13. The highest BCUT2D eigenvalue weighted by molar-refractivity contribution is 7.92. The number of hydrogen-bond donors (Lipinski definition) is 1. The van der Waals surface area contributed by atoms with Crippen molar-refractivity contribution < 1.29 is 22.7 Å². The van der Waals surface area contributed by atoms with E-state index in [1.807, 2.05) is 0 Å². The van der Waals surface area contributed by atoms with Crippen LogP contribution in [0, 0.1) is 0 Å². The summed E-state index contributed by atoms with van der Waals surface area (Å²) in [6.07, 6.45) is 1.02. The van der Waals surface area contributed by atoms with Crippen molar-refractivity contribution >= 4 is 39.1 Å². The number of amides is 2. The van der Waals surface area contributed by atoms with Crippen LogP contribution in [0.15, 0.2) is 48.5 Å². The van der Waals surface area contributed by atoms with Crippen molar-refractivity contribution in [2.45, 2.75) is 26.4 Å². The Labute approximate surface area is 194 Å². The van der Waals surface area contributed by atoms with E-state index in [1.165, 1.54) is 18.1 Å². The van der Waals surface area contributed by atoms with Gasteiger partial charge in [0.2, 0.25) is 21.8 Å². The molecule has 2 amide bonds. The topological polar surface area (TPSA) is 96.0 Å². The van der Waals surface area contributed by atoms with E-state index < -0.39 is 28.5 Å². The first kappa shape index (κ1) is 25.5. The standard InChI is InChI=1S/C22H28ClN3O5S/c1-5-24-22(28)16(2)25(14-17-9-6-7-12-20(17)23)21(27)15-26(32(4,29)30)18-10-8-11-19(13-18)31-3/h6-13,16H,5,14-15H2,1-4H3,(H,24,28)/t16-/m1/s1. The number of sulfonamides is 1. The Balaban J connectivity index is 2.41. The largest absolute Gasteiger partial charge is 0.497 e. The lowest BCUT2D eigenvalue weighted by atomic mass is 10.1. The maximum absolute atomic E-state index is 13.4. The summed E-state index contributed by atoms with van der Waals surface area (Å²) in [4.78, 5) is 27.2. The second-order valence-corrected chi connectivity index (χ2v) is 9.47. The van der Waals surface area contributed by atoms with Crippen LogP contribution in [0.3, 0.4) is 0 Å². The number of methoxy groups -OCH3 is 1. The van der Waals surface area contributed by atoms with Crippen molar-refractivity contribution in [3.8, 4) is 5.75 Å². The number of likely N-dealkylation sites (N-methyl/N-ethyl adjacent to an activating group) is 1. The van der Waals surface area contributed by atoms with Crippen LogP contribution in [0.2, 0.25) is 5.02 Å². The monoisotopic (exact) mass is 481 g/mol. The predicted molar refractivity (Wildman–Crippen MR) is 125 cm³/mol. The molecule has 0 aliphatic rings. The number of hydrogen-bond acceptors (Lipinski definition) is 5. The quantitative estimate of drug-likeness (QED) is 0.562. The van der Waals surface area contributed by atoms with Crippen LogP contribution in [0.4, 0.5) is 5.69 Å². The lowest BCUT2D eigenvalue weighted by molar-refractivity contribution is -0.139. The first-order valence-electron chi connectivity index (χ1n) is 10.0. The fraction of sp³-hybridized carbons (Fsp3) is 0.364. The van der Waals surface area contributed by atoms with Crippen molar-refractivity contribution in [2.24, 2.45) is 0 Å². The molecular weight excluding hydrogens is 454 g/mol. The molecule has 8 nitrogen and oxygen atoms in total. The third kappa shape index (κ3) is 6.61. The summed E-state index contributed by atoms with van der Waals surface area (Å²) in [6, 6.07) is 12.5. The molecule has 1 atom stereocenters. The van der Waals surface area contributed by atoms with E-state index in [0.717, 1.165) is 10.6 Å². The molecule has 0 saturated heterocycles. The Kier molecular flexibility index (Phi) is 8.91. The van der Waals surface area contributed by atoms with Crippen molar-refractivity contribution in [1.29, 1.82) is 0 Å². The van der Waals surface area contributed by atoms with Crippen LogP contribution in [0.5, 0.6) is 5.75 Å². The zero-order chi connectivity index (χ0) is 23.9. The van der Waals surface area contributed by atoms with Crippen molar-refractivity contribution in [2.75, 3.05) is 30.8 Å². The lowest BCUT2D eigenvalue weighted by Gasteiger charge is -2.31. The molecule has 0 radical (unpaired) electrons. The van der Waals surface area contributed by atoms with Gasteiger partial charge in [0.1, 0.15) is 18.3 Å². The van der Waals surface area contributed by atoms with Gasteiger partial charge in [-0.25, -0.2) is 8.42 Å². The van der Waals surface area contributed by atoms with Gasteiger partial charge in [0.05, 0.1) is 19.1 Å². The highest BCUT2D eigenvalue weighted by Gasteiger charge is 2.30. The molecule has 10 heteroatoms. The van der Waals surface area contributed by atoms with E-state index in [1.54, 1.807) is 56.3 Å². The highest BCUT2D eigenvalue weighted by Crippen LogP contribution is 2.24. The molecule has 0 heterocycles. The number of nitrogens with one attached hydrogen (secondary N) is 1. The minimum Gasteiger partial charge on any atom is -0.497 e. The molecule has 1 N–H and O–H groups in total. The van der Waals surface area contributed by atoms with E-state index in [9.17, 15) is 18.0 Å². The van der Waals surface area contributed by atoms with Crippen LogP contribution in [0.25, 0.3) is 0 Å². The molecule has 32 heavy (non-hydrogen) atoms. The minimum absolute atomic E-state index is 0.0481. The molecule has 174 valence electrons. The number of nitrogens with zero attached hydrogens (tertiary/aromatic N) is 2. The Morgan fingerprint density at radius 3 is 2.44 bits per heavy atom. The number of carbonyl (C=O) groups excluding carboxylic acids is 2. The normalized spacial score (nSPS) is 12.0. The maximum Gasteiger partial charge on any atom is 0.244 e. The lowest BCUT2D eigenvalue weighted by Crippen LogP contribution is -2.51. The van der Waals surface area contributed by atoms with Gasteiger partial charge in [0.15, 0.2) is 0 Å². The molecule has 0 aromatic heterocycles. The fourth-order valence-electron chi connectivity index (χ4n) is 3.09. The number of halogens is 1. The maximum atomic E-state index is 13.4. The van der Waals surface area contributed by atoms with E-state index in [2.05, 4.69) is 5.32 Å². The first-order valence-corrected chi connectivity index (χ1v) is 12.2. The Hall–Kier alpha value is -2.78. The molecule has 0 fully saturated rings. The van der Waals surface area contributed by atoms with Gasteiger partial charge >= 0.3 is 0 Å². The molecule has 2 rings (SSSR count). The average Bonchev–Trinajstić information content (AvgIpc) is 2.75. The van der Waals surface area contributed by atoms with Gasteiger partial charge in [0, 0.05) is 24.2 Å². The molecule has 0 unspecified atom stereocenters. The number of benzene rings is 2. The van der Waals surface area contributed by atoms with Crippen molar-refractivity contribution in [3.05, 3.63) is 59.1 Å².